The summed E-state index contributed by atoms with van der Waals surface area (Å²) in [6.07, 6.45) is 7.87. The molecule has 0 radical (unpaired) electrons. The standard InChI is InChI=1S/C14H26NO3Si.C2F6NO4S2/c1-5-6-7-14-8-10-15(11-9-14)12-13-19(16-2,17-3)18-4;3-1(4,5)14(10,11)9-15(12,13)2(6,7)8/h8-11H,5-7,12-13H2,1-4H3;/q+1;-1. The topological polar surface area (TPSA) is 114 Å². The van der Waals surface area contributed by atoms with E-state index in [4.69, 9.17) is 13.3 Å². The summed E-state index contributed by atoms with van der Waals surface area (Å²) in [7, 11) is -10.9. The normalized spacial score (nSPS) is 13.4. The first kappa shape index (κ1) is 32.7. The molecule has 0 aliphatic rings. The van der Waals surface area contributed by atoms with Crippen molar-refractivity contribution in [3.05, 3.63) is 34.2 Å². The molecule has 200 valence electrons. The molecule has 18 heteroatoms. The molecule has 0 spiro atoms. The van der Waals surface area contributed by atoms with Crippen LogP contribution in [0.25, 0.3) is 4.13 Å². The number of halogens is 6. The molecule has 0 fully saturated rings. The molecule has 1 heterocycles. The number of pyridine rings is 1. The molecule has 1 aromatic heterocycles. The number of aromatic nitrogens is 1. The van der Waals surface area contributed by atoms with Gasteiger partial charge >= 0.3 is 19.8 Å². The van der Waals surface area contributed by atoms with Crippen molar-refractivity contribution in [1.29, 1.82) is 0 Å². The number of unbranched alkanes of at least 4 members (excludes halogenated alkanes) is 1. The number of hydrogen-bond acceptors (Lipinski definition) is 7. The lowest BCUT2D eigenvalue weighted by Gasteiger charge is -2.22. The van der Waals surface area contributed by atoms with E-state index in [9.17, 15) is 43.2 Å². The third-order valence-electron chi connectivity index (χ3n) is 4.17. The first-order chi connectivity index (χ1) is 15.4. The fraction of sp³-hybridized carbons (Fsp3) is 0.688. The summed E-state index contributed by atoms with van der Waals surface area (Å²) in [5.74, 6) is 0. The Morgan fingerprint density at radius 3 is 1.62 bits per heavy atom. The quantitative estimate of drug-likeness (QED) is 0.230. The summed E-state index contributed by atoms with van der Waals surface area (Å²) >= 11 is 0. The molecule has 0 amide bonds. The van der Waals surface area contributed by atoms with Crippen LogP contribution in [0.2, 0.25) is 6.04 Å². The zero-order valence-electron chi connectivity index (χ0n) is 18.7. The third-order valence-corrected chi connectivity index (χ3v) is 9.61. The van der Waals surface area contributed by atoms with Gasteiger partial charge in [0.25, 0.3) is 0 Å². The predicted octanol–water partition coefficient (Wildman–Crippen LogP) is 3.25. The van der Waals surface area contributed by atoms with Crippen molar-refractivity contribution in [2.75, 3.05) is 21.3 Å². The molecule has 34 heavy (non-hydrogen) atoms. The molecule has 0 aliphatic heterocycles. The van der Waals surface area contributed by atoms with Gasteiger partial charge in [0.2, 0.25) is 0 Å². The first-order valence-corrected chi connectivity index (χ1v) is 14.2. The molecule has 1 aromatic rings. The summed E-state index contributed by atoms with van der Waals surface area (Å²) in [4.78, 5) is 0. The van der Waals surface area contributed by atoms with Gasteiger partial charge in [-0.05, 0) is 18.4 Å². The fourth-order valence-electron chi connectivity index (χ4n) is 2.22. The maximum Gasteiger partial charge on any atom is 0.506 e. The average molecular weight is 565 g/mol. The lowest BCUT2D eigenvalue weighted by Crippen LogP contribution is -2.47. The Kier molecular flexibility index (Phi) is 12.6. The molecular weight excluding hydrogens is 538 g/mol. The monoisotopic (exact) mass is 564 g/mol. The number of aryl methyl sites for hydroxylation is 2. The van der Waals surface area contributed by atoms with Crippen molar-refractivity contribution < 1.29 is 61.0 Å². The highest BCUT2D eigenvalue weighted by atomic mass is 32.3. The second kappa shape index (κ2) is 13.1. The van der Waals surface area contributed by atoms with Crippen molar-refractivity contribution in [2.24, 2.45) is 0 Å². The summed E-state index contributed by atoms with van der Waals surface area (Å²) < 4.78 is 128. The average Bonchev–Trinajstić information content (AvgIpc) is 2.72. The van der Waals surface area contributed by atoms with E-state index in [2.05, 4.69) is 36.0 Å². The highest BCUT2D eigenvalue weighted by molar-refractivity contribution is 8.13. The van der Waals surface area contributed by atoms with Crippen molar-refractivity contribution >= 4 is 28.9 Å². The maximum absolute atomic E-state index is 11.4. The van der Waals surface area contributed by atoms with Crippen LogP contribution in [0.5, 0.6) is 0 Å². The van der Waals surface area contributed by atoms with Gasteiger partial charge in [-0.1, -0.05) is 13.3 Å². The van der Waals surface area contributed by atoms with Crippen LogP contribution < -0.4 is 4.57 Å². The molecule has 9 nitrogen and oxygen atoms in total. The Hall–Kier alpha value is -1.31. The van der Waals surface area contributed by atoms with E-state index in [1.165, 1.54) is 18.4 Å². The van der Waals surface area contributed by atoms with E-state index in [1.54, 1.807) is 21.3 Å². The smallest absolute Gasteiger partial charge is 0.421 e. The van der Waals surface area contributed by atoms with Crippen LogP contribution in [0.4, 0.5) is 26.3 Å². The minimum atomic E-state index is -6.72. The van der Waals surface area contributed by atoms with Crippen LogP contribution in [0.3, 0.4) is 0 Å². The second-order valence-electron chi connectivity index (χ2n) is 6.51. The largest absolute Gasteiger partial charge is 0.506 e. The van der Waals surface area contributed by atoms with Gasteiger partial charge in [-0.2, -0.15) is 26.3 Å². The van der Waals surface area contributed by atoms with Crippen LogP contribution >= 0.6 is 0 Å². The van der Waals surface area contributed by atoms with Crippen molar-refractivity contribution in [1.82, 2.24) is 0 Å². The Balaban J connectivity index is 0.000000661. The molecule has 1 rings (SSSR count). The van der Waals surface area contributed by atoms with Gasteiger partial charge < -0.3 is 17.4 Å². The highest BCUT2D eigenvalue weighted by Gasteiger charge is 2.47. The Morgan fingerprint density at radius 1 is 0.882 bits per heavy atom. The van der Waals surface area contributed by atoms with Gasteiger partial charge in [0.15, 0.2) is 39.0 Å². The van der Waals surface area contributed by atoms with Crippen molar-refractivity contribution in [3.8, 4) is 0 Å². The Bertz CT molecular complexity index is 901. The molecule has 0 aliphatic carbocycles. The summed E-state index contributed by atoms with van der Waals surface area (Å²) in [6.45, 7) is 3.06. The molecule has 0 saturated carbocycles. The summed E-state index contributed by atoms with van der Waals surface area (Å²) in [5, 5.41) is 0. The SMILES string of the molecule is CCCCc1cc[n+](CC[Si](OC)(OC)OC)cc1.O=S(=O)([N-]S(=O)(=O)C(F)(F)F)C(F)(F)F. The van der Waals surface area contributed by atoms with E-state index in [0.717, 1.165) is 23.1 Å². The van der Waals surface area contributed by atoms with Crippen LogP contribution in [-0.4, -0.2) is 58.0 Å². The highest BCUT2D eigenvalue weighted by Crippen LogP contribution is 2.36. The minimum Gasteiger partial charge on any atom is -0.421 e. The summed E-state index contributed by atoms with van der Waals surface area (Å²) in [6, 6.07) is 5.14. The second-order valence-corrected chi connectivity index (χ2v) is 13.0. The number of nitrogens with zero attached hydrogens (tertiary/aromatic N) is 2. The van der Waals surface area contributed by atoms with E-state index in [0.29, 0.717) is 0 Å². The van der Waals surface area contributed by atoms with Gasteiger partial charge in [-0.3, -0.25) is 0 Å². The Labute approximate surface area is 195 Å². The molecule has 0 unspecified atom stereocenters. The van der Waals surface area contributed by atoms with Crippen LogP contribution in [0.15, 0.2) is 24.5 Å². The van der Waals surface area contributed by atoms with Crippen LogP contribution in [0.1, 0.15) is 25.3 Å². The molecule has 0 saturated heterocycles. The van der Waals surface area contributed by atoms with E-state index >= 15 is 0 Å². The summed E-state index contributed by atoms with van der Waals surface area (Å²) in [5.41, 5.74) is -11.0. The zero-order chi connectivity index (χ0) is 26.8. The van der Waals surface area contributed by atoms with E-state index < -0.39 is 39.9 Å². The van der Waals surface area contributed by atoms with Gasteiger partial charge in [0, 0.05) is 33.5 Å². The minimum absolute atomic E-state index is 0.773. The third kappa shape index (κ3) is 10.1. The lowest BCUT2D eigenvalue weighted by molar-refractivity contribution is -0.694. The molecule has 0 aromatic carbocycles. The van der Waals surface area contributed by atoms with Gasteiger partial charge in [-0.15, -0.1) is 0 Å². The van der Waals surface area contributed by atoms with Gasteiger partial charge in [-0.25, -0.2) is 21.4 Å². The zero-order valence-corrected chi connectivity index (χ0v) is 21.3. The maximum atomic E-state index is 11.4. The molecule has 0 bridgehead atoms. The number of hydrogen-bond donors (Lipinski definition) is 0. The van der Waals surface area contributed by atoms with Crippen molar-refractivity contribution in [3.63, 3.8) is 0 Å². The predicted molar refractivity (Wildman–Crippen MR) is 110 cm³/mol. The lowest BCUT2D eigenvalue weighted by atomic mass is 10.1. The first-order valence-electron chi connectivity index (χ1n) is 9.40. The van der Waals surface area contributed by atoms with Crippen LogP contribution in [0, 0.1) is 0 Å². The number of rotatable bonds is 11. The van der Waals surface area contributed by atoms with Crippen LogP contribution in [-0.2, 0) is 46.3 Å². The van der Waals surface area contributed by atoms with Gasteiger partial charge in [0.05, 0.1) is 6.04 Å². The number of alkyl halides is 6. The Morgan fingerprint density at radius 2 is 1.29 bits per heavy atom. The fourth-order valence-corrected chi connectivity index (χ4v) is 5.57. The van der Waals surface area contributed by atoms with E-state index in [1.807, 2.05) is 0 Å². The molecular formula is C16H26F6N2O7S2Si. The van der Waals surface area contributed by atoms with Gasteiger partial charge in [0.1, 0.15) is 0 Å². The molecule has 0 N–H and O–H groups in total. The number of sulfonamides is 2. The molecule has 0 atom stereocenters. The van der Waals surface area contributed by atoms with E-state index in [-0.39, 0.29) is 0 Å². The van der Waals surface area contributed by atoms with Crippen molar-refractivity contribution in [2.45, 2.75) is 49.8 Å².